The first-order valence-electron chi connectivity index (χ1n) is 7.00. The molecule has 0 spiro atoms. The Morgan fingerprint density at radius 2 is 2.09 bits per heavy atom. The summed E-state index contributed by atoms with van der Waals surface area (Å²) >= 11 is 1.64. The summed E-state index contributed by atoms with van der Waals surface area (Å²) in [5, 5.41) is 1.50. The molecular formula is C16H17N3O2S. The molecular weight excluding hydrogens is 298 g/mol. The van der Waals surface area contributed by atoms with Gasteiger partial charge in [-0.25, -0.2) is 9.97 Å². The number of benzene rings is 1. The number of ether oxygens (including phenoxy) is 1. The van der Waals surface area contributed by atoms with E-state index < -0.39 is 0 Å². The summed E-state index contributed by atoms with van der Waals surface area (Å²) in [6, 6.07) is 5.25. The summed E-state index contributed by atoms with van der Waals surface area (Å²) < 4.78 is 6.93. The van der Waals surface area contributed by atoms with Crippen LogP contribution >= 0.6 is 11.3 Å². The number of fused-ring (bicyclic) bond motifs is 1. The van der Waals surface area contributed by atoms with Crippen LogP contribution in [0.5, 0.6) is 5.75 Å². The Bertz CT molecular complexity index is 898. The predicted octanol–water partition coefficient (Wildman–Crippen LogP) is 3.09. The minimum atomic E-state index is -0.167. The molecule has 0 radical (unpaired) electrons. The van der Waals surface area contributed by atoms with Gasteiger partial charge in [0.05, 0.1) is 35.7 Å². The maximum atomic E-state index is 12.9. The van der Waals surface area contributed by atoms with Gasteiger partial charge in [-0.05, 0) is 32.9 Å². The summed E-state index contributed by atoms with van der Waals surface area (Å²) in [5.41, 5.74) is 1.44. The number of aryl methyl sites for hydroxylation is 2. The number of nitrogens with zero attached hydrogens (tertiary/aromatic N) is 3. The molecule has 3 rings (SSSR count). The second-order valence-electron chi connectivity index (χ2n) is 5.16. The quantitative estimate of drug-likeness (QED) is 0.745. The molecule has 0 bridgehead atoms. The average Bonchev–Trinajstić information content (AvgIpc) is 2.85. The van der Waals surface area contributed by atoms with Gasteiger partial charge in [0.2, 0.25) is 0 Å². The lowest BCUT2D eigenvalue weighted by molar-refractivity contribution is 0.419. The SMILES string of the molecule is COc1cccc2ncn([C@@H](C)c3nc(C)sc3C)c(=O)c12. The fourth-order valence-electron chi connectivity index (χ4n) is 2.66. The van der Waals surface area contributed by atoms with Gasteiger partial charge in [-0.15, -0.1) is 11.3 Å². The molecule has 0 unspecified atom stereocenters. The van der Waals surface area contributed by atoms with Crippen LogP contribution in [-0.2, 0) is 0 Å². The van der Waals surface area contributed by atoms with Crippen LogP contribution in [0.2, 0.25) is 0 Å². The average molecular weight is 315 g/mol. The lowest BCUT2D eigenvalue weighted by atomic mass is 10.2. The van der Waals surface area contributed by atoms with Gasteiger partial charge in [0.1, 0.15) is 11.1 Å². The second kappa shape index (κ2) is 5.53. The molecule has 1 atom stereocenters. The monoisotopic (exact) mass is 315 g/mol. The van der Waals surface area contributed by atoms with Gasteiger partial charge in [-0.2, -0.15) is 0 Å². The highest BCUT2D eigenvalue weighted by molar-refractivity contribution is 7.11. The molecule has 2 aromatic heterocycles. The van der Waals surface area contributed by atoms with E-state index in [2.05, 4.69) is 9.97 Å². The van der Waals surface area contributed by atoms with Gasteiger partial charge in [0.25, 0.3) is 5.56 Å². The molecule has 0 aliphatic heterocycles. The second-order valence-corrected chi connectivity index (χ2v) is 6.57. The summed E-state index contributed by atoms with van der Waals surface area (Å²) in [6.07, 6.45) is 1.59. The van der Waals surface area contributed by atoms with Crippen LogP contribution in [0.3, 0.4) is 0 Å². The van der Waals surface area contributed by atoms with E-state index in [1.54, 1.807) is 35.4 Å². The van der Waals surface area contributed by atoms with Gasteiger partial charge in [-0.3, -0.25) is 9.36 Å². The zero-order valence-electron chi connectivity index (χ0n) is 13.0. The number of hydrogen-bond donors (Lipinski definition) is 0. The maximum Gasteiger partial charge on any atom is 0.265 e. The van der Waals surface area contributed by atoms with Gasteiger partial charge < -0.3 is 4.74 Å². The van der Waals surface area contributed by atoms with Crippen LogP contribution in [0.15, 0.2) is 29.3 Å². The zero-order valence-corrected chi connectivity index (χ0v) is 13.8. The largest absolute Gasteiger partial charge is 0.496 e. The van der Waals surface area contributed by atoms with E-state index in [1.807, 2.05) is 32.9 Å². The van der Waals surface area contributed by atoms with Gasteiger partial charge >= 0.3 is 0 Å². The third-order valence-electron chi connectivity index (χ3n) is 3.75. The lowest BCUT2D eigenvalue weighted by Crippen LogP contribution is -2.25. The molecule has 114 valence electrons. The Balaban J connectivity index is 2.22. The van der Waals surface area contributed by atoms with E-state index in [-0.39, 0.29) is 11.6 Å². The predicted molar refractivity (Wildman–Crippen MR) is 88.0 cm³/mol. The van der Waals surface area contributed by atoms with Crippen LogP contribution in [0.4, 0.5) is 0 Å². The third-order valence-corrected chi connectivity index (χ3v) is 4.65. The summed E-state index contributed by atoms with van der Waals surface area (Å²) in [4.78, 5) is 22.9. The highest BCUT2D eigenvalue weighted by atomic mass is 32.1. The first kappa shape index (κ1) is 14.7. The standard InChI is InChI=1S/C16H17N3O2S/c1-9(15-10(2)22-11(3)18-15)19-8-17-12-6-5-7-13(21-4)14(12)16(19)20/h5-9H,1-4H3/t9-/m0/s1. The van der Waals surface area contributed by atoms with Crippen LogP contribution in [-0.4, -0.2) is 21.6 Å². The van der Waals surface area contributed by atoms with Crippen molar-refractivity contribution in [1.82, 2.24) is 14.5 Å². The Morgan fingerprint density at radius 3 is 2.73 bits per heavy atom. The Morgan fingerprint density at radius 1 is 1.32 bits per heavy atom. The molecule has 0 saturated carbocycles. The van der Waals surface area contributed by atoms with Crippen molar-refractivity contribution in [1.29, 1.82) is 0 Å². The minimum absolute atomic E-state index is 0.111. The molecule has 2 heterocycles. The fourth-order valence-corrected chi connectivity index (χ4v) is 3.57. The molecule has 1 aromatic carbocycles. The number of thiazole rings is 1. The number of hydrogen-bond acceptors (Lipinski definition) is 5. The molecule has 0 fully saturated rings. The Labute approximate surface area is 132 Å². The number of methoxy groups -OCH3 is 1. The van der Waals surface area contributed by atoms with E-state index >= 15 is 0 Å². The lowest BCUT2D eigenvalue weighted by Gasteiger charge is -2.15. The van der Waals surface area contributed by atoms with Crippen molar-refractivity contribution < 1.29 is 4.74 Å². The first-order chi connectivity index (χ1) is 10.5. The van der Waals surface area contributed by atoms with Gasteiger partial charge in [-0.1, -0.05) is 6.07 Å². The summed E-state index contributed by atoms with van der Waals surface area (Å²) in [6.45, 7) is 5.96. The van der Waals surface area contributed by atoms with E-state index in [0.717, 1.165) is 15.6 Å². The van der Waals surface area contributed by atoms with Gasteiger partial charge in [0.15, 0.2) is 0 Å². The smallest absolute Gasteiger partial charge is 0.265 e. The first-order valence-corrected chi connectivity index (χ1v) is 7.82. The van der Waals surface area contributed by atoms with Crippen molar-refractivity contribution in [3.63, 3.8) is 0 Å². The number of aromatic nitrogens is 3. The molecule has 22 heavy (non-hydrogen) atoms. The van der Waals surface area contributed by atoms with E-state index in [1.165, 1.54) is 0 Å². The molecule has 6 heteroatoms. The zero-order chi connectivity index (χ0) is 15.9. The summed E-state index contributed by atoms with van der Waals surface area (Å²) in [7, 11) is 1.56. The van der Waals surface area contributed by atoms with E-state index in [9.17, 15) is 4.79 Å². The van der Waals surface area contributed by atoms with E-state index in [0.29, 0.717) is 16.7 Å². The minimum Gasteiger partial charge on any atom is -0.496 e. The van der Waals surface area contributed by atoms with Crippen LogP contribution in [0, 0.1) is 13.8 Å². The van der Waals surface area contributed by atoms with Crippen molar-refractivity contribution in [3.05, 3.63) is 50.5 Å². The third kappa shape index (κ3) is 2.29. The molecule has 0 saturated heterocycles. The van der Waals surface area contributed by atoms with Crippen molar-refractivity contribution in [2.45, 2.75) is 26.8 Å². The normalized spacial score (nSPS) is 12.5. The molecule has 5 nitrogen and oxygen atoms in total. The highest BCUT2D eigenvalue weighted by Gasteiger charge is 2.18. The Kier molecular flexibility index (Phi) is 3.70. The molecule has 0 amide bonds. The molecule has 0 N–H and O–H groups in total. The van der Waals surface area contributed by atoms with E-state index in [4.69, 9.17) is 4.74 Å². The molecule has 3 aromatic rings. The van der Waals surface area contributed by atoms with Gasteiger partial charge in [0, 0.05) is 4.88 Å². The topological polar surface area (TPSA) is 57.0 Å². The van der Waals surface area contributed by atoms with Crippen molar-refractivity contribution in [2.75, 3.05) is 7.11 Å². The van der Waals surface area contributed by atoms with Crippen LogP contribution in [0.1, 0.15) is 28.5 Å². The van der Waals surface area contributed by atoms with Crippen molar-refractivity contribution in [2.24, 2.45) is 0 Å². The van der Waals surface area contributed by atoms with Crippen LogP contribution < -0.4 is 10.3 Å². The van der Waals surface area contributed by atoms with Crippen LogP contribution in [0.25, 0.3) is 10.9 Å². The van der Waals surface area contributed by atoms with Crippen molar-refractivity contribution in [3.8, 4) is 5.75 Å². The number of rotatable bonds is 3. The molecule has 0 aliphatic carbocycles. The Hall–Kier alpha value is -2.21. The highest BCUT2D eigenvalue weighted by Crippen LogP contribution is 2.26. The maximum absolute atomic E-state index is 12.9. The fraction of sp³-hybridized carbons (Fsp3) is 0.312. The molecule has 0 aliphatic rings. The van der Waals surface area contributed by atoms with Crippen molar-refractivity contribution >= 4 is 22.2 Å². The summed E-state index contributed by atoms with van der Waals surface area (Å²) in [5.74, 6) is 0.544.